The topological polar surface area (TPSA) is 88.2 Å². The zero-order valence-corrected chi connectivity index (χ0v) is 12.5. The summed E-state index contributed by atoms with van der Waals surface area (Å²) >= 11 is 0. The Bertz CT molecular complexity index is 791. The van der Waals surface area contributed by atoms with Gasteiger partial charge >= 0.3 is 6.03 Å². The van der Waals surface area contributed by atoms with Crippen molar-refractivity contribution in [3.63, 3.8) is 0 Å². The molecule has 0 saturated heterocycles. The second kappa shape index (κ2) is 5.76. The maximum absolute atomic E-state index is 12.0. The average Bonchev–Trinajstić information content (AvgIpc) is 2.78. The number of carbonyl (C=O) groups excluding carboxylic acids is 1. The van der Waals surface area contributed by atoms with Gasteiger partial charge in [-0.05, 0) is 23.3 Å². The normalized spacial score (nSPS) is 18.5. The molecule has 1 aliphatic heterocycles. The fraction of sp³-hybridized carbons (Fsp3) is 0.200. The smallest absolute Gasteiger partial charge is 0.315 e. The van der Waals surface area contributed by atoms with E-state index in [1.54, 1.807) is 42.7 Å². The Morgan fingerprint density at radius 3 is 2.82 bits per heavy atom. The number of hydrogen-bond acceptors (Lipinski definition) is 4. The number of carbonyl (C=O) groups is 1. The summed E-state index contributed by atoms with van der Waals surface area (Å²) < 4.78 is 24.1. The SMILES string of the molecule is O=C(NCc1cccnc1)N[C@@H]1CS(=O)(=O)c2ccccc21. The van der Waals surface area contributed by atoms with Crippen molar-refractivity contribution in [2.45, 2.75) is 17.5 Å². The predicted octanol–water partition coefficient (Wildman–Crippen LogP) is 1.41. The molecule has 114 valence electrons. The second-order valence-corrected chi connectivity index (χ2v) is 7.06. The van der Waals surface area contributed by atoms with Crippen LogP contribution in [0.3, 0.4) is 0 Å². The van der Waals surface area contributed by atoms with Gasteiger partial charge in [0, 0.05) is 18.9 Å². The minimum Gasteiger partial charge on any atom is -0.334 e. The van der Waals surface area contributed by atoms with Gasteiger partial charge in [-0.15, -0.1) is 0 Å². The van der Waals surface area contributed by atoms with Crippen LogP contribution in [0.1, 0.15) is 17.2 Å². The number of rotatable bonds is 3. The number of urea groups is 1. The van der Waals surface area contributed by atoms with Crippen LogP contribution in [-0.2, 0) is 16.4 Å². The predicted molar refractivity (Wildman–Crippen MR) is 80.8 cm³/mol. The summed E-state index contributed by atoms with van der Waals surface area (Å²) in [5.74, 6) is -0.105. The van der Waals surface area contributed by atoms with Crippen molar-refractivity contribution < 1.29 is 13.2 Å². The highest BCUT2D eigenvalue weighted by Gasteiger charge is 2.35. The van der Waals surface area contributed by atoms with E-state index < -0.39 is 21.9 Å². The maximum atomic E-state index is 12.0. The molecule has 0 saturated carbocycles. The van der Waals surface area contributed by atoms with Crippen molar-refractivity contribution in [1.29, 1.82) is 0 Å². The van der Waals surface area contributed by atoms with Crippen LogP contribution >= 0.6 is 0 Å². The van der Waals surface area contributed by atoms with Crippen LogP contribution in [0.15, 0.2) is 53.7 Å². The van der Waals surface area contributed by atoms with E-state index in [9.17, 15) is 13.2 Å². The van der Waals surface area contributed by atoms with Crippen LogP contribution < -0.4 is 10.6 Å². The maximum Gasteiger partial charge on any atom is 0.315 e. The molecule has 2 amide bonds. The van der Waals surface area contributed by atoms with Crippen molar-refractivity contribution in [2.24, 2.45) is 0 Å². The van der Waals surface area contributed by atoms with Crippen LogP contribution in [0.25, 0.3) is 0 Å². The average molecular weight is 317 g/mol. The third-order valence-corrected chi connectivity index (χ3v) is 5.31. The molecule has 3 rings (SSSR count). The summed E-state index contributed by atoms with van der Waals surface area (Å²) in [7, 11) is -3.32. The standard InChI is InChI=1S/C15H15N3O3S/c19-15(17-9-11-4-3-7-16-8-11)18-13-10-22(20,21)14-6-2-1-5-12(13)14/h1-8,13H,9-10H2,(H2,17,18,19)/t13-/m1/s1. The minimum atomic E-state index is -3.32. The summed E-state index contributed by atoms with van der Waals surface area (Å²) in [6.07, 6.45) is 3.32. The van der Waals surface area contributed by atoms with E-state index in [-0.39, 0.29) is 5.75 Å². The highest BCUT2D eigenvalue weighted by Crippen LogP contribution is 2.32. The Labute approximate surface area is 128 Å². The molecule has 0 aliphatic carbocycles. The quantitative estimate of drug-likeness (QED) is 0.896. The summed E-state index contributed by atoms with van der Waals surface area (Å²) in [6.45, 7) is 0.334. The van der Waals surface area contributed by atoms with Gasteiger partial charge in [0.05, 0.1) is 16.7 Å². The third-order valence-electron chi connectivity index (χ3n) is 3.50. The van der Waals surface area contributed by atoms with Crippen LogP contribution in [0.5, 0.6) is 0 Å². The lowest BCUT2D eigenvalue weighted by molar-refractivity contribution is 0.237. The molecule has 7 heteroatoms. The second-order valence-electron chi connectivity index (χ2n) is 5.06. The number of aromatic nitrogens is 1. The van der Waals surface area contributed by atoms with Gasteiger partial charge in [0.2, 0.25) is 0 Å². The number of amides is 2. The molecule has 1 atom stereocenters. The zero-order valence-electron chi connectivity index (χ0n) is 11.7. The number of nitrogens with zero attached hydrogens (tertiary/aromatic N) is 1. The highest BCUT2D eigenvalue weighted by atomic mass is 32.2. The first kappa shape index (κ1) is 14.5. The van der Waals surface area contributed by atoms with Crippen molar-refractivity contribution in [2.75, 3.05) is 5.75 Å². The largest absolute Gasteiger partial charge is 0.334 e. The summed E-state index contributed by atoms with van der Waals surface area (Å²) in [5.41, 5.74) is 1.51. The van der Waals surface area contributed by atoms with Gasteiger partial charge in [0.25, 0.3) is 0 Å². The lowest BCUT2D eigenvalue weighted by Crippen LogP contribution is -2.38. The number of sulfone groups is 1. The number of pyridine rings is 1. The van der Waals surface area contributed by atoms with Crippen molar-refractivity contribution >= 4 is 15.9 Å². The first-order valence-electron chi connectivity index (χ1n) is 6.81. The lowest BCUT2D eigenvalue weighted by Gasteiger charge is -2.13. The number of benzene rings is 1. The lowest BCUT2D eigenvalue weighted by atomic mass is 10.1. The molecule has 1 aromatic carbocycles. The summed E-state index contributed by atoms with van der Waals surface area (Å²) in [6, 6.07) is 9.46. The number of nitrogens with one attached hydrogen (secondary N) is 2. The van der Waals surface area contributed by atoms with E-state index in [4.69, 9.17) is 0 Å². The van der Waals surface area contributed by atoms with Crippen LogP contribution in [0.2, 0.25) is 0 Å². The van der Waals surface area contributed by atoms with Gasteiger partial charge in [-0.2, -0.15) is 0 Å². The molecule has 22 heavy (non-hydrogen) atoms. The Hall–Kier alpha value is -2.41. The van der Waals surface area contributed by atoms with E-state index in [0.29, 0.717) is 17.0 Å². The van der Waals surface area contributed by atoms with E-state index in [2.05, 4.69) is 15.6 Å². The molecule has 0 unspecified atom stereocenters. The minimum absolute atomic E-state index is 0.105. The van der Waals surface area contributed by atoms with E-state index in [1.807, 2.05) is 6.07 Å². The van der Waals surface area contributed by atoms with E-state index in [1.165, 1.54) is 0 Å². The van der Waals surface area contributed by atoms with E-state index in [0.717, 1.165) is 5.56 Å². The summed E-state index contributed by atoms with van der Waals surface area (Å²) in [5, 5.41) is 5.41. The Balaban J connectivity index is 1.66. The molecule has 2 N–H and O–H groups in total. The molecule has 1 aliphatic rings. The van der Waals surface area contributed by atoms with Gasteiger partial charge in [0.15, 0.2) is 9.84 Å². The molecule has 2 aromatic rings. The molecule has 0 spiro atoms. The molecule has 0 bridgehead atoms. The van der Waals surface area contributed by atoms with Crippen molar-refractivity contribution in [3.05, 3.63) is 59.9 Å². The van der Waals surface area contributed by atoms with Crippen molar-refractivity contribution in [1.82, 2.24) is 15.6 Å². The monoisotopic (exact) mass is 317 g/mol. The van der Waals surface area contributed by atoms with Crippen LogP contribution in [-0.4, -0.2) is 25.2 Å². The molecule has 0 radical (unpaired) electrons. The van der Waals surface area contributed by atoms with Gasteiger partial charge in [-0.1, -0.05) is 24.3 Å². The van der Waals surface area contributed by atoms with Gasteiger partial charge in [-0.25, -0.2) is 13.2 Å². The van der Waals surface area contributed by atoms with Crippen LogP contribution in [0, 0.1) is 0 Å². The van der Waals surface area contributed by atoms with Gasteiger partial charge < -0.3 is 10.6 Å². The molecule has 0 fully saturated rings. The van der Waals surface area contributed by atoms with E-state index >= 15 is 0 Å². The number of fused-ring (bicyclic) bond motifs is 1. The first-order valence-corrected chi connectivity index (χ1v) is 8.46. The third kappa shape index (κ3) is 2.94. The summed E-state index contributed by atoms with van der Waals surface area (Å²) in [4.78, 5) is 16.2. The molecule has 6 nitrogen and oxygen atoms in total. The molecular formula is C15H15N3O3S. The van der Waals surface area contributed by atoms with Crippen molar-refractivity contribution in [3.8, 4) is 0 Å². The fourth-order valence-electron chi connectivity index (χ4n) is 2.46. The Morgan fingerprint density at radius 1 is 1.23 bits per heavy atom. The molecule has 1 aromatic heterocycles. The Morgan fingerprint density at radius 2 is 2.05 bits per heavy atom. The van der Waals surface area contributed by atoms with Gasteiger partial charge in [-0.3, -0.25) is 4.98 Å². The van der Waals surface area contributed by atoms with Crippen LogP contribution in [0.4, 0.5) is 4.79 Å². The Kier molecular flexibility index (Phi) is 3.81. The fourth-order valence-corrected chi connectivity index (χ4v) is 4.20. The molecular weight excluding hydrogens is 302 g/mol. The number of hydrogen-bond donors (Lipinski definition) is 2. The molecule has 2 heterocycles. The zero-order chi connectivity index (χ0) is 15.6. The van der Waals surface area contributed by atoms with Gasteiger partial charge in [0.1, 0.15) is 0 Å². The highest BCUT2D eigenvalue weighted by molar-refractivity contribution is 7.91. The first-order chi connectivity index (χ1) is 10.6.